The first-order valence-electron chi connectivity index (χ1n) is 2.56. The van der Waals surface area contributed by atoms with E-state index in [1.54, 1.807) is 29.4 Å². The van der Waals surface area contributed by atoms with E-state index in [0.717, 1.165) is 0 Å². The van der Waals surface area contributed by atoms with Crippen molar-refractivity contribution < 1.29 is 5.18 Å². The van der Waals surface area contributed by atoms with Crippen molar-refractivity contribution in [1.29, 1.82) is 0 Å². The Labute approximate surface area is 52.5 Å². The van der Waals surface area contributed by atoms with Crippen molar-refractivity contribution in [3.63, 3.8) is 0 Å². The number of rotatable bonds is 1. The number of nitroso groups, excluding NO2 is 1. The fourth-order valence-electron chi connectivity index (χ4n) is 0.602. The van der Waals surface area contributed by atoms with Crippen molar-refractivity contribution in [2.45, 2.75) is 0 Å². The van der Waals surface area contributed by atoms with Crippen LogP contribution < -0.4 is 10.9 Å². The molecule has 1 rings (SSSR count). The van der Waals surface area contributed by atoms with E-state index < -0.39 is 0 Å². The number of anilines is 1. The van der Waals surface area contributed by atoms with Crippen molar-refractivity contribution in [2.24, 2.45) is 0 Å². The van der Waals surface area contributed by atoms with Crippen LogP contribution in [0.4, 0.5) is 11.4 Å². The molecule has 3 nitrogen and oxygen atoms in total. The molecule has 9 heavy (non-hydrogen) atoms. The molecule has 0 aliphatic carbocycles. The first-order chi connectivity index (χ1) is 4.33. The van der Waals surface area contributed by atoms with E-state index in [-0.39, 0.29) is 0 Å². The molecule has 0 spiro atoms. The lowest BCUT2D eigenvalue weighted by Gasteiger charge is -1.85. The van der Waals surface area contributed by atoms with Crippen molar-refractivity contribution in [3.05, 3.63) is 29.2 Å². The Morgan fingerprint density at radius 1 is 1.44 bits per heavy atom. The Bertz CT molecular complexity index is 222. The average Bonchev–Trinajstić information content (AvgIpc) is 1.88. The molecule has 46 valence electrons. The van der Waals surface area contributed by atoms with E-state index in [0.29, 0.717) is 11.4 Å². The lowest BCUT2D eigenvalue weighted by molar-refractivity contribution is -0.379. The second kappa shape index (κ2) is 2.26. The number of nitrogens with one attached hydrogen (secondary N) is 1. The third kappa shape index (κ3) is 1.25. The molecule has 0 saturated carbocycles. The van der Waals surface area contributed by atoms with Crippen molar-refractivity contribution in [2.75, 3.05) is 5.73 Å². The molecular formula is C6H7N2O+. The summed E-state index contributed by atoms with van der Waals surface area (Å²) in [6.07, 6.45) is 0. The van der Waals surface area contributed by atoms with Crippen LogP contribution in [0.5, 0.6) is 0 Å². The molecule has 0 heterocycles. The van der Waals surface area contributed by atoms with Gasteiger partial charge in [-0.05, 0) is 6.07 Å². The molecule has 0 atom stereocenters. The molecule has 1 aromatic carbocycles. The molecule has 0 fully saturated rings. The van der Waals surface area contributed by atoms with Gasteiger partial charge in [-0.1, -0.05) is 6.07 Å². The summed E-state index contributed by atoms with van der Waals surface area (Å²) in [5.41, 5.74) is 6.44. The van der Waals surface area contributed by atoms with Crippen molar-refractivity contribution in [3.8, 4) is 0 Å². The van der Waals surface area contributed by atoms with Crippen LogP contribution in [0.3, 0.4) is 0 Å². The minimum absolute atomic E-state index is 0.495. The lowest BCUT2D eigenvalue weighted by atomic mass is 10.3. The molecule has 0 amide bonds. The zero-order chi connectivity index (χ0) is 6.69. The minimum Gasteiger partial charge on any atom is -0.399 e. The molecule has 0 radical (unpaired) electrons. The van der Waals surface area contributed by atoms with Gasteiger partial charge >= 0.3 is 0 Å². The smallest absolute Gasteiger partial charge is 0.255 e. The maximum Gasteiger partial charge on any atom is 0.255 e. The Balaban J connectivity index is 3.07. The van der Waals surface area contributed by atoms with Gasteiger partial charge in [0.05, 0.1) is 0 Å². The van der Waals surface area contributed by atoms with Gasteiger partial charge in [0.15, 0.2) is 0 Å². The number of nitrogens with two attached hydrogens (primary N) is 1. The second-order valence-electron chi connectivity index (χ2n) is 1.73. The van der Waals surface area contributed by atoms with Crippen LogP contribution >= 0.6 is 0 Å². The maximum atomic E-state index is 9.98. The van der Waals surface area contributed by atoms with Crippen LogP contribution in [0.15, 0.2) is 24.3 Å². The van der Waals surface area contributed by atoms with Crippen LogP contribution in [-0.2, 0) is 0 Å². The molecule has 0 aromatic heterocycles. The van der Waals surface area contributed by atoms with Crippen molar-refractivity contribution >= 4 is 11.4 Å². The number of hydrogen-bond donors (Lipinski definition) is 2. The molecule has 0 aliphatic heterocycles. The van der Waals surface area contributed by atoms with Crippen LogP contribution in [0.2, 0.25) is 0 Å². The van der Waals surface area contributed by atoms with Crippen LogP contribution in [-0.4, -0.2) is 0 Å². The predicted molar refractivity (Wildman–Crippen MR) is 34.8 cm³/mol. The quantitative estimate of drug-likeness (QED) is 0.506. The monoisotopic (exact) mass is 123 g/mol. The summed E-state index contributed by atoms with van der Waals surface area (Å²) in [6, 6.07) is 6.67. The first-order valence-corrected chi connectivity index (χ1v) is 2.56. The third-order valence-corrected chi connectivity index (χ3v) is 1.00. The Kier molecular flexibility index (Phi) is 1.44. The summed E-state index contributed by atoms with van der Waals surface area (Å²) < 4.78 is 0. The highest BCUT2D eigenvalue weighted by Crippen LogP contribution is 2.04. The van der Waals surface area contributed by atoms with Gasteiger partial charge < -0.3 is 5.73 Å². The number of benzene rings is 1. The van der Waals surface area contributed by atoms with Gasteiger partial charge in [0.2, 0.25) is 0 Å². The summed E-state index contributed by atoms with van der Waals surface area (Å²) in [6.45, 7) is 0. The standard InChI is InChI=1S/C6H6N2O/c7-5-2-1-3-6(4-5)8-9/h1-4H,7H2/p+1. The molecule has 3 N–H and O–H groups in total. The molecule has 0 saturated heterocycles. The number of nitrogen functional groups attached to an aromatic ring is 1. The number of hydrogen-bond acceptors (Lipinski definition) is 2. The zero-order valence-corrected chi connectivity index (χ0v) is 4.79. The highest BCUT2D eigenvalue weighted by atomic mass is 16.3. The van der Waals surface area contributed by atoms with Gasteiger partial charge in [0.1, 0.15) is 0 Å². The highest BCUT2D eigenvalue weighted by Gasteiger charge is 1.94. The third-order valence-electron chi connectivity index (χ3n) is 1.00. The van der Waals surface area contributed by atoms with E-state index in [4.69, 9.17) is 5.73 Å². The van der Waals surface area contributed by atoms with Crippen LogP contribution in [0.1, 0.15) is 0 Å². The Morgan fingerprint density at radius 3 is 2.67 bits per heavy atom. The van der Waals surface area contributed by atoms with Gasteiger partial charge in [-0.25, -0.2) is 0 Å². The summed E-state index contributed by atoms with van der Waals surface area (Å²) in [5, 5.41) is 1.74. The largest absolute Gasteiger partial charge is 0.399 e. The Hall–Kier alpha value is -1.38. The molecule has 3 heteroatoms. The van der Waals surface area contributed by atoms with E-state index in [1.165, 1.54) is 0 Å². The summed E-state index contributed by atoms with van der Waals surface area (Å²) in [5.74, 6) is 0. The molecule has 0 unspecified atom stereocenters. The van der Waals surface area contributed by atoms with Crippen molar-refractivity contribution in [1.82, 2.24) is 0 Å². The maximum absolute atomic E-state index is 9.98. The normalized spacial score (nSPS) is 8.89. The topological polar surface area (TPSA) is 57.1 Å². The van der Waals surface area contributed by atoms with Crippen LogP contribution in [0, 0.1) is 4.91 Å². The van der Waals surface area contributed by atoms with E-state index in [1.807, 2.05) is 0 Å². The minimum atomic E-state index is 0.495. The summed E-state index contributed by atoms with van der Waals surface area (Å²) in [7, 11) is 0. The SMILES string of the molecule is Nc1cccc([NH+]=O)c1. The van der Waals surface area contributed by atoms with Gasteiger partial charge in [-0.15, -0.1) is 0 Å². The predicted octanol–water partition coefficient (Wildman–Crippen LogP) is -0.253. The summed E-state index contributed by atoms with van der Waals surface area (Å²) in [4.78, 5) is 9.98. The van der Waals surface area contributed by atoms with Crippen LogP contribution in [0.25, 0.3) is 0 Å². The van der Waals surface area contributed by atoms with Gasteiger partial charge in [0.25, 0.3) is 5.69 Å². The van der Waals surface area contributed by atoms with E-state index >= 15 is 0 Å². The van der Waals surface area contributed by atoms with Gasteiger partial charge in [-0.2, -0.15) is 0 Å². The van der Waals surface area contributed by atoms with Gasteiger partial charge in [-0.3, -0.25) is 0 Å². The van der Waals surface area contributed by atoms with Gasteiger partial charge in [0, 0.05) is 27.9 Å². The Morgan fingerprint density at radius 2 is 2.22 bits per heavy atom. The molecule has 0 aliphatic rings. The average molecular weight is 123 g/mol. The summed E-state index contributed by atoms with van der Waals surface area (Å²) >= 11 is 0. The van der Waals surface area contributed by atoms with E-state index in [9.17, 15) is 4.91 Å². The zero-order valence-electron chi connectivity index (χ0n) is 4.79. The van der Waals surface area contributed by atoms with E-state index in [2.05, 4.69) is 0 Å². The first kappa shape index (κ1) is 5.75. The fraction of sp³-hybridized carbons (Fsp3) is 0. The highest BCUT2D eigenvalue weighted by molar-refractivity contribution is 5.46. The molecular weight excluding hydrogens is 116 g/mol. The lowest BCUT2D eigenvalue weighted by Crippen LogP contribution is -2.55. The molecule has 1 aromatic rings. The molecule has 0 bridgehead atoms. The fourth-order valence-corrected chi connectivity index (χ4v) is 0.602. The second-order valence-corrected chi connectivity index (χ2v) is 1.73.